The monoisotopic (exact) mass is 493 g/mol. The number of furan rings is 1. The third-order valence-corrected chi connectivity index (χ3v) is 7.47. The fourth-order valence-corrected chi connectivity index (χ4v) is 5.50. The number of nitrogens with one attached hydrogen (secondary N) is 1. The zero-order valence-corrected chi connectivity index (χ0v) is 20.0. The molecule has 0 spiro atoms. The minimum Gasteiger partial charge on any atom is -0.467 e. The molecule has 10 heteroatoms. The van der Waals surface area contributed by atoms with E-state index in [0.29, 0.717) is 16.8 Å². The Hall–Kier alpha value is -3.21. The molecule has 1 N–H and O–H groups in total. The Morgan fingerprint density at radius 2 is 2.03 bits per heavy atom. The van der Waals surface area contributed by atoms with Crippen molar-refractivity contribution >= 4 is 45.5 Å². The summed E-state index contributed by atoms with van der Waals surface area (Å²) in [5.41, 5.74) is 2.97. The molecule has 0 fully saturated rings. The lowest BCUT2D eigenvalue weighted by molar-refractivity contribution is -0.113. The molecule has 0 bridgehead atoms. The highest BCUT2D eigenvalue weighted by Crippen LogP contribution is 2.29. The van der Waals surface area contributed by atoms with Crippen LogP contribution < -0.4 is 5.32 Å². The van der Waals surface area contributed by atoms with E-state index in [4.69, 9.17) is 4.42 Å². The van der Waals surface area contributed by atoms with Crippen molar-refractivity contribution < 1.29 is 9.21 Å². The number of thiophene rings is 1. The highest BCUT2D eigenvalue weighted by molar-refractivity contribution is 7.99. The summed E-state index contributed by atoms with van der Waals surface area (Å²) in [6, 6.07) is 15.8. The van der Waals surface area contributed by atoms with Gasteiger partial charge >= 0.3 is 0 Å². The Labute approximate surface area is 202 Å². The van der Waals surface area contributed by atoms with Gasteiger partial charge in [0.2, 0.25) is 5.91 Å². The molecule has 7 nitrogen and oxygen atoms in total. The summed E-state index contributed by atoms with van der Waals surface area (Å²) in [5, 5.41) is 16.9. The lowest BCUT2D eigenvalue weighted by Gasteiger charge is -2.10. The molecule has 0 atom stereocenters. The molecule has 5 rings (SSSR count). The number of nitrogens with zero attached hydrogens (tertiary/aromatic N) is 4. The van der Waals surface area contributed by atoms with Crippen LogP contribution in [0.15, 0.2) is 75.1 Å². The molecule has 0 aliphatic rings. The first-order chi connectivity index (χ1) is 16.2. The highest BCUT2D eigenvalue weighted by Gasteiger charge is 2.18. The minimum atomic E-state index is -0.142. The van der Waals surface area contributed by atoms with Crippen LogP contribution in [0.1, 0.15) is 11.3 Å². The average molecular weight is 494 g/mol. The molecular formula is C23H19N5O2S3. The quantitative estimate of drug-likeness (QED) is 0.275. The zero-order chi connectivity index (χ0) is 22.6. The Morgan fingerprint density at radius 3 is 2.82 bits per heavy atom. The van der Waals surface area contributed by atoms with Crippen LogP contribution in [-0.2, 0) is 11.3 Å². The number of hydrogen-bond acceptors (Lipinski definition) is 8. The largest absolute Gasteiger partial charge is 0.467 e. The Balaban J connectivity index is 1.32. The molecule has 0 saturated carbocycles. The van der Waals surface area contributed by atoms with Gasteiger partial charge in [-0.2, -0.15) is 0 Å². The molecular weight excluding hydrogens is 474 g/mol. The van der Waals surface area contributed by atoms with Crippen LogP contribution in [0.5, 0.6) is 0 Å². The fraction of sp³-hybridized carbons (Fsp3) is 0.130. The SMILES string of the molecule is Cc1ccccc1-c1nnc(SCC(=O)Nc2nc(-c3cccs3)cs2)n1Cc1ccco1. The number of anilines is 1. The second-order valence-electron chi connectivity index (χ2n) is 7.14. The number of hydrogen-bond donors (Lipinski definition) is 1. The number of carbonyl (C=O) groups is 1. The summed E-state index contributed by atoms with van der Waals surface area (Å²) in [7, 11) is 0. The number of benzene rings is 1. The third kappa shape index (κ3) is 4.92. The van der Waals surface area contributed by atoms with E-state index in [1.54, 1.807) is 17.6 Å². The van der Waals surface area contributed by atoms with Crippen LogP contribution in [0, 0.1) is 6.92 Å². The Morgan fingerprint density at radius 1 is 1.12 bits per heavy atom. The van der Waals surface area contributed by atoms with Gasteiger partial charge in [0.05, 0.1) is 29.1 Å². The summed E-state index contributed by atoms with van der Waals surface area (Å²) in [4.78, 5) is 18.2. The van der Waals surface area contributed by atoms with Crippen molar-refractivity contribution in [3.05, 3.63) is 76.9 Å². The third-order valence-electron chi connectivity index (χ3n) is 4.85. The maximum atomic E-state index is 12.6. The van der Waals surface area contributed by atoms with Gasteiger partial charge in [0.15, 0.2) is 16.1 Å². The van der Waals surface area contributed by atoms with Gasteiger partial charge in [-0.1, -0.05) is 42.1 Å². The molecule has 0 saturated heterocycles. The van der Waals surface area contributed by atoms with E-state index in [0.717, 1.165) is 33.3 Å². The van der Waals surface area contributed by atoms with E-state index >= 15 is 0 Å². The lowest BCUT2D eigenvalue weighted by atomic mass is 10.1. The summed E-state index contributed by atoms with van der Waals surface area (Å²) in [5.74, 6) is 1.59. The van der Waals surface area contributed by atoms with Crippen LogP contribution in [-0.4, -0.2) is 31.4 Å². The zero-order valence-electron chi connectivity index (χ0n) is 17.6. The standard InChI is InChI=1S/C23H19N5O2S3/c1-15-6-2-3-8-17(15)21-26-27-23(28(21)12-16-7-4-10-30-16)33-14-20(29)25-22-24-18(13-32-22)19-9-5-11-31-19/h2-11,13H,12,14H2,1H3,(H,24,25,29). The van der Waals surface area contributed by atoms with E-state index in [-0.39, 0.29) is 11.7 Å². The van der Waals surface area contributed by atoms with E-state index in [2.05, 4.69) is 20.5 Å². The summed E-state index contributed by atoms with van der Waals surface area (Å²) >= 11 is 4.37. The van der Waals surface area contributed by atoms with Gasteiger partial charge in [0.1, 0.15) is 5.76 Å². The van der Waals surface area contributed by atoms with Gasteiger partial charge < -0.3 is 9.73 Å². The van der Waals surface area contributed by atoms with Crippen molar-refractivity contribution in [1.82, 2.24) is 19.7 Å². The molecule has 4 heterocycles. The first kappa shape index (κ1) is 21.6. The predicted octanol–water partition coefficient (Wildman–Crippen LogP) is 5.81. The lowest BCUT2D eigenvalue weighted by Crippen LogP contribution is -2.14. The smallest absolute Gasteiger partial charge is 0.236 e. The molecule has 5 aromatic rings. The van der Waals surface area contributed by atoms with Gasteiger partial charge in [0, 0.05) is 10.9 Å². The second-order valence-corrected chi connectivity index (χ2v) is 9.89. The fourth-order valence-electron chi connectivity index (χ4n) is 3.27. The van der Waals surface area contributed by atoms with Gasteiger partial charge in [-0.3, -0.25) is 9.36 Å². The first-order valence-corrected chi connectivity index (χ1v) is 12.9. The van der Waals surface area contributed by atoms with Crippen LogP contribution in [0.3, 0.4) is 0 Å². The van der Waals surface area contributed by atoms with Crippen molar-refractivity contribution in [2.24, 2.45) is 0 Å². The van der Waals surface area contributed by atoms with E-state index in [1.165, 1.54) is 23.1 Å². The molecule has 1 aromatic carbocycles. The van der Waals surface area contributed by atoms with E-state index in [1.807, 2.05) is 70.8 Å². The molecule has 0 aliphatic heterocycles. The number of carbonyl (C=O) groups excluding carboxylic acids is 1. The van der Waals surface area contributed by atoms with Crippen LogP contribution in [0.25, 0.3) is 22.0 Å². The van der Waals surface area contributed by atoms with Crippen LogP contribution in [0.2, 0.25) is 0 Å². The van der Waals surface area contributed by atoms with Gasteiger partial charge in [-0.05, 0) is 36.1 Å². The predicted molar refractivity (Wildman–Crippen MR) is 133 cm³/mol. The molecule has 0 aliphatic carbocycles. The van der Waals surface area contributed by atoms with Gasteiger partial charge in [0.25, 0.3) is 0 Å². The van der Waals surface area contributed by atoms with Crippen molar-refractivity contribution in [2.45, 2.75) is 18.6 Å². The van der Waals surface area contributed by atoms with E-state index in [9.17, 15) is 4.79 Å². The number of thioether (sulfide) groups is 1. The molecule has 166 valence electrons. The molecule has 0 radical (unpaired) electrons. The van der Waals surface area contributed by atoms with Crippen LogP contribution >= 0.6 is 34.4 Å². The van der Waals surface area contributed by atoms with Crippen molar-refractivity contribution in [3.8, 4) is 22.0 Å². The second kappa shape index (κ2) is 9.74. The minimum absolute atomic E-state index is 0.142. The number of aromatic nitrogens is 4. The molecule has 4 aromatic heterocycles. The van der Waals surface area contributed by atoms with Crippen molar-refractivity contribution in [3.63, 3.8) is 0 Å². The van der Waals surface area contributed by atoms with E-state index < -0.39 is 0 Å². The molecule has 0 unspecified atom stereocenters. The summed E-state index contributed by atoms with van der Waals surface area (Å²) < 4.78 is 7.53. The van der Waals surface area contributed by atoms with Crippen LogP contribution in [0.4, 0.5) is 5.13 Å². The van der Waals surface area contributed by atoms with Gasteiger partial charge in [-0.25, -0.2) is 4.98 Å². The maximum absolute atomic E-state index is 12.6. The Bertz CT molecular complexity index is 1360. The number of rotatable bonds is 8. The topological polar surface area (TPSA) is 85.8 Å². The average Bonchev–Trinajstić information content (AvgIpc) is 3.61. The first-order valence-electron chi connectivity index (χ1n) is 10.1. The van der Waals surface area contributed by atoms with Gasteiger partial charge in [-0.15, -0.1) is 32.9 Å². The highest BCUT2D eigenvalue weighted by atomic mass is 32.2. The normalized spacial score (nSPS) is 11.1. The summed E-state index contributed by atoms with van der Waals surface area (Å²) in [6.07, 6.45) is 1.64. The molecule has 1 amide bonds. The molecule has 33 heavy (non-hydrogen) atoms. The number of thiazole rings is 1. The Kier molecular flexibility index (Phi) is 6.38. The number of amides is 1. The maximum Gasteiger partial charge on any atom is 0.236 e. The van der Waals surface area contributed by atoms with Crippen molar-refractivity contribution in [2.75, 3.05) is 11.1 Å². The van der Waals surface area contributed by atoms with Crippen molar-refractivity contribution in [1.29, 1.82) is 0 Å². The summed E-state index contributed by atoms with van der Waals surface area (Å²) in [6.45, 7) is 2.52. The number of aryl methyl sites for hydroxylation is 1.